The van der Waals surface area contributed by atoms with E-state index in [0.717, 1.165) is 25.9 Å². The maximum Gasteiger partial charge on any atom is 0.293 e. The standard InChI is InChI=1S/C15H18N4O3/c1-15(2)4-3-5-18(8-15)12-7-11-10(6-13(12)19(21)22)14(20)17-9-16-11/h6-7,9H,3-5,8H2,1-2H3,(H,16,17,20). The zero-order chi connectivity index (χ0) is 15.9. The molecule has 116 valence electrons. The van der Waals surface area contributed by atoms with Gasteiger partial charge in [0.25, 0.3) is 11.2 Å². The van der Waals surface area contributed by atoms with Gasteiger partial charge in [0.05, 0.1) is 22.2 Å². The summed E-state index contributed by atoms with van der Waals surface area (Å²) in [6, 6.07) is 2.99. The van der Waals surface area contributed by atoms with E-state index in [0.29, 0.717) is 11.2 Å². The van der Waals surface area contributed by atoms with Crippen LogP contribution in [-0.2, 0) is 0 Å². The summed E-state index contributed by atoms with van der Waals surface area (Å²) in [5, 5.41) is 11.7. The van der Waals surface area contributed by atoms with Gasteiger partial charge in [0.2, 0.25) is 0 Å². The first-order valence-corrected chi connectivity index (χ1v) is 7.28. The van der Waals surface area contributed by atoms with Gasteiger partial charge in [-0.3, -0.25) is 14.9 Å². The van der Waals surface area contributed by atoms with E-state index in [4.69, 9.17) is 0 Å². The van der Waals surface area contributed by atoms with Crippen LogP contribution >= 0.6 is 0 Å². The van der Waals surface area contributed by atoms with Crippen LogP contribution < -0.4 is 10.5 Å². The van der Waals surface area contributed by atoms with Crippen molar-refractivity contribution in [1.29, 1.82) is 0 Å². The number of nitro benzene ring substituents is 1. The fraction of sp³-hybridized carbons (Fsp3) is 0.467. The van der Waals surface area contributed by atoms with E-state index >= 15 is 0 Å². The highest BCUT2D eigenvalue weighted by Gasteiger charge is 2.30. The lowest BCUT2D eigenvalue weighted by molar-refractivity contribution is -0.384. The summed E-state index contributed by atoms with van der Waals surface area (Å²) < 4.78 is 0. The van der Waals surface area contributed by atoms with Gasteiger partial charge in [-0.25, -0.2) is 4.98 Å². The number of anilines is 1. The summed E-state index contributed by atoms with van der Waals surface area (Å²) in [4.78, 5) is 31.4. The molecule has 0 atom stereocenters. The fourth-order valence-electron chi connectivity index (χ4n) is 3.12. The summed E-state index contributed by atoms with van der Waals surface area (Å²) in [6.45, 7) is 5.85. The van der Waals surface area contributed by atoms with E-state index in [-0.39, 0.29) is 22.0 Å². The summed E-state index contributed by atoms with van der Waals surface area (Å²) in [5.74, 6) is 0. The van der Waals surface area contributed by atoms with E-state index in [1.54, 1.807) is 6.07 Å². The van der Waals surface area contributed by atoms with Crippen LogP contribution in [0.25, 0.3) is 10.9 Å². The average molecular weight is 302 g/mol. The predicted molar refractivity (Wildman–Crippen MR) is 84.2 cm³/mol. The van der Waals surface area contributed by atoms with E-state index in [1.807, 2.05) is 4.90 Å². The number of nitrogens with one attached hydrogen (secondary N) is 1. The Balaban J connectivity index is 2.17. The third kappa shape index (κ3) is 2.54. The van der Waals surface area contributed by atoms with Crippen LogP contribution in [0.15, 0.2) is 23.3 Å². The minimum Gasteiger partial charge on any atom is -0.365 e. The molecule has 0 aliphatic carbocycles. The monoisotopic (exact) mass is 302 g/mol. The highest BCUT2D eigenvalue weighted by atomic mass is 16.6. The number of rotatable bonds is 2. The molecule has 2 aromatic rings. The van der Waals surface area contributed by atoms with E-state index in [2.05, 4.69) is 23.8 Å². The lowest BCUT2D eigenvalue weighted by Gasteiger charge is -2.39. The summed E-state index contributed by atoms with van der Waals surface area (Å²) in [7, 11) is 0. The molecule has 1 N–H and O–H groups in total. The molecule has 7 heteroatoms. The Bertz CT molecular complexity index is 797. The Morgan fingerprint density at radius 2 is 2.18 bits per heavy atom. The van der Waals surface area contributed by atoms with Gasteiger partial charge in [0.15, 0.2) is 0 Å². The van der Waals surface area contributed by atoms with Gasteiger partial charge in [-0.15, -0.1) is 0 Å². The third-order valence-corrected chi connectivity index (χ3v) is 4.17. The molecule has 1 aromatic heterocycles. The van der Waals surface area contributed by atoms with E-state index in [1.165, 1.54) is 12.4 Å². The van der Waals surface area contributed by atoms with Gasteiger partial charge in [-0.1, -0.05) is 13.8 Å². The highest BCUT2D eigenvalue weighted by Crippen LogP contribution is 2.37. The SMILES string of the molecule is CC1(C)CCCN(c2cc3nc[nH]c(=O)c3cc2[N+](=O)[O-])C1. The molecule has 0 amide bonds. The second-order valence-electron chi connectivity index (χ2n) is 6.54. The molecule has 2 heterocycles. The minimum atomic E-state index is -0.428. The maximum absolute atomic E-state index is 11.8. The van der Waals surface area contributed by atoms with Gasteiger partial charge < -0.3 is 9.88 Å². The molecule has 7 nitrogen and oxygen atoms in total. The van der Waals surface area contributed by atoms with Crippen molar-refractivity contribution in [3.8, 4) is 0 Å². The molecule has 1 fully saturated rings. The zero-order valence-corrected chi connectivity index (χ0v) is 12.6. The lowest BCUT2D eigenvalue weighted by Crippen LogP contribution is -2.40. The summed E-state index contributed by atoms with van der Waals surface area (Å²) in [6.07, 6.45) is 3.41. The van der Waals surface area contributed by atoms with Crippen LogP contribution in [0.4, 0.5) is 11.4 Å². The molecular formula is C15H18N4O3. The Morgan fingerprint density at radius 1 is 1.41 bits per heavy atom. The van der Waals surface area contributed by atoms with Crippen LogP contribution in [0.3, 0.4) is 0 Å². The topological polar surface area (TPSA) is 92.1 Å². The molecular weight excluding hydrogens is 284 g/mol. The number of nitrogens with zero attached hydrogens (tertiary/aromatic N) is 3. The molecule has 0 unspecified atom stereocenters. The van der Waals surface area contributed by atoms with Crippen LogP contribution in [0, 0.1) is 15.5 Å². The molecule has 0 radical (unpaired) electrons. The fourth-order valence-corrected chi connectivity index (χ4v) is 3.12. The number of aromatic nitrogens is 2. The first-order valence-electron chi connectivity index (χ1n) is 7.28. The minimum absolute atomic E-state index is 0.0382. The van der Waals surface area contributed by atoms with Gasteiger partial charge >= 0.3 is 0 Å². The number of H-pyrrole nitrogens is 1. The number of hydrogen-bond donors (Lipinski definition) is 1. The van der Waals surface area contributed by atoms with Gasteiger partial charge in [0.1, 0.15) is 5.69 Å². The summed E-state index contributed by atoms with van der Waals surface area (Å²) in [5.41, 5.74) is 0.737. The van der Waals surface area contributed by atoms with Gasteiger partial charge in [0, 0.05) is 19.2 Å². The van der Waals surface area contributed by atoms with Crippen molar-refractivity contribution in [3.63, 3.8) is 0 Å². The number of benzene rings is 1. The van der Waals surface area contributed by atoms with E-state index in [9.17, 15) is 14.9 Å². The van der Waals surface area contributed by atoms with Crippen molar-refractivity contribution in [2.45, 2.75) is 26.7 Å². The Labute approximate surface area is 127 Å². The number of piperidine rings is 1. The largest absolute Gasteiger partial charge is 0.365 e. The first kappa shape index (κ1) is 14.5. The Morgan fingerprint density at radius 3 is 2.86 bits per heavy atom. The van der Waals surface area contributed by atoms with Crippen molar-refractivity contribution in [1.82, 2.24) is 9.97 Å². The number of fused-ring (bicyclic) bond motifs is 1. The highest BCUT2D eigenvalue weighted by molar-refractivity contribution is 5.87. The second kappa shape index (κ2) is 5.08. The van der Waals surface area contributed by atoms with Gasteiger partial charge in [-0.05, 0) is 24.3 Å². The lowest BCUT2D eigenvalue weighted by atomic mass is 9.84. The molecule has 22 heavy (non-hydrogen) atoms. The summed E-state index contributed by atoms with van der Waals surface area (Å²) >= 11 is 0. The molecule has 1 aliphatic rings. The molecule has 0 bridgehead atoms. The normalized spacial score (nSPS) is 17.6. The van der Waals surface area contributed by atoms with Gasteiger partial charge in [-0.2, -0.15) is 0 Å². The quantitative estimate of drug-likeness (QED) is 0.679. The van der Waals surface area contributed by atoms with Crippen molar-refractivity contribution in [3.05, 3.63) is 38.9 Å². The zero-order valence-electron chi connectivity index (χ0n) is 12.6. The maximum atomic E-state index is 11.8. The Hall–Kier alpha value is -2.44. The number of nitro groups is 1. The molecule has 0 saturated carbocycles. The van der Waals surface area contributed by atoms with Crippen LogP contribution in [0.1, 0.15) is 26.7 Å². The number of aromatic amines is 1. The van der Waals surface area contributed by atoms with E-state index < -0.39 is 4.92 Å². The third-order valence-electron chi connectivity index (χ3n) is 4.17. The molecule has 3 rings (SSSR count). The molecule has 1 aromatic carbocycles. The number of hydrogen-bond acceptors (Lipinski definition) is 5. The van der Waals surface area contributed by atoms with Crippen molar-refractivity contribution in [2.24, 2.45) is 5.41 Å². The smallest absolute Gasteiger partial charge is 0.293 e. The average Bonchev–Trinajstić information content (AvgIpc) is 2.45. The van der Waals surface area contributed by atoms with Crippen molar-refractivity contribution < 1.29 is 4.92 Å². The molecule has 1 aliphatic heterocycles. The first-order chi connectivity index (χ1) is 10.4. The van der Waals surface area contributed by atoms with Crippen LogP contribution in [-0.4, -0.2) is 28.0 Å². The van der Waals surface area contributed by atoms with Crippen molar-refractivity contribution >= 4 is 22.3 Å². The second-order valence-corrected chi connectivity index (χ2v) is 6.54. The predicted octanol–water partition coefficient (Wildman–Crippen LogP) is 2.46. The molecule has 0 spiro atoms. The van der Waals surface area contributed by atoms with Crippen LogP contribution in [0.5, 0.6) is 0 Å². The van der Waals surface area contributed by atoms with Crippen molar-refractivity contribution in [2.75, 3.05) is 18.0 Å². The van der Waals surface area contributed by atoms with Crippen LogP contribution in [0.2, 0.25) is 0 Å². The Kier molecular flexibility index (Phi) is 3.35. The molecule has 1 saturated heterocycles.